The van der Waals surface area contributed by atoms with Crippen LogP contribution in [0.2, 0.25) is 0 Å². The second-order valence-corrected chi connectivity index (χ2v) is 7.90. The summed E-state index contributed by atoms with van der Waals surface area (Å²) in [5.41, 5.74) is 8.01. The molecule has 0 saturated heterocycles. The van der Waals surface area contributed by atoms with E-state index in [0.717, 1.165) is 22.2 Å². The Bertz CT molecular complexity index is 699. The van der Waals surface area contributed by atoms with Crippen LogP contribution in [0.3, 0.4) is 0 Å². The average molecular weight is 391 g/mol. The number of hydrogen-bond acceptors (Lipinski definition) is 5. The number of nitrogens with two attached hydrogens (primary N) is 1. The number of primary amides is 1. The van der Waals surface area contributed by atoms with Gasteiger partial charge in [-0.05, 0) is 49.0 Å². The third-order valence-corrected chi connectivity index (χ3v) is 5.19. The number of nitrogens with zero attached hydrogens (tertiary/aromatic N) is 2. The first kappa shape index (κ1) is 23.1. The largest absolute Gasteiger partial charge is 0.364 e. The summed E-state index contributed by atoms with van der Waals surface area (Å²) < 4.78 is 4.15. The summed E-state index contributed by atoms with van der Waals surface area (Å²) in [5.74, 6) is 0.408. The van der Waals surface area contributed by atoms with Gasteiger partial charge >= 0.3 is 0 Å². The fourth-order valence-electron chi connectivity index (χ4n) is 2.54. The van der Waals surface area contributed by atoms with Crippen molar-refractivity contribution in [2.24, 2.45) is 11.7 Å². The summed E-state index contributed by atoms with van der Waals surface area (Å²) >= 11 is 1.33. The zero-order valence-electron chi connectivity index (χ0n) is 17.3. The van der Waals surface area contributed by atoms with Gasteiger partial charge in [-0.25, -0.2) is 4.98 Å². The number of carbonyl (C=O) groups excluding carboxylic acids is 1. The molecule has 0 bridgehead atoms. The molecule has 1 amide bonds. The fourth-order valence-corrected chi connectivity index (χ4v) is 3.21. The van der Waals surface area contributed by atoms with Crippen LogP contribution >= 0.6 is 11.5 Å². The molecule has 6 heteroatoms. The Balaban J connectivity index is 0.000000314. The van der Waals surface area contributed by atoms with Crippen LogP contribution in [0.15, 0.2) is 18.3 Å². The summed E-state index contributed by atoms with van der Waals surface area (Å²) in [6.07, 6.45) is 10.1. The molecule has 2 rings (SSSR count). The van der Waals surface area contributed by atoms with Crippen LogP contribution in [0.4, 0.5) is 10.7 Å². The minimum absolute atomic E-state index is 0.238. The molecule has 3 N–H and O–H groups in total. The van der Waals surface area contributed by atoms with E-state index in [2.05, 4.69) is 35.4 Å². The summed E-state index contributed by atoms with van der Waals surface area (Å²) in [7, 11) is 0. The molecular formula is C21H34N4OS. The second kappa shape index (κ2) is 12.4. The van der Waals surface area contributed by atoms with Crippen molar-refractivity contribution >= 4 is 28.1 Å². The monoisotopic (exact) mass is 390 g/mol. The lowest BCUT2D eigenvalue weighted by molar-refractivity contribution is 0.0996. The Kier molecular flexibility index (Phi) is 10.6. The van der Waals surface area contributed by atoms with Crippen LogP contribution in [-0.2, 0) is 0 Å². The minimum Gasteiger partial charge on any atom is -0.364 e. The molecule has 0 aliphatic heterocycles. The molecule has 0 aliphatic rings. The van der Waals surface area contributed by atoms with Gasteiger partial charge in [0, 0.05) is 6.20 Å². The van der Waals surface area contributed by atoms with Crippen molar-refractivity contribution in [2.75, 3.05) is 5.32 Å². The highest BCUT2D eigenvalue weighted by molar-refractivity contribution is 7.10. The average Bonchev–Trinajstić information content (AvgIpc) is 3.03. The van der Waals surface area contributed by atoms with Crippen molar-refractivity contribution in [3.63, 3.8) is 0 Å². The second-order valence-electron chi connectivity index (χ2n) is 7.09. The van der Waals surface area contributed by atoms with Crippen molar-refractivity contribution in [1.29, 1.82) is 0 Å². The number of hydrogen-bond donors (Lipinski definition) is 2. The molecule has 27 heavy (non-hydrogen) atoms. The quantitative estimate of drug-likeness (QED) is 0.514. The Morgan fingerprint density at radius 3 is 2.52 bits per heavy atom. The van der Waals surface area contributed by atoms with Gasteiger partial charge < -0.3 is 11.1 Å². The molecule has 1 atom stereocenters. The van der Waals surface area contributed by atoms with Crippen LogP contribution in [-0.4, -0.2) is 15.3 Å². The van der Waals surface area contributed by atoms with Gasteiger partial charge in [0.05, 0.1) is 11.4 Å². The maximum absolute atomic E-state index is 11.2. The van der Waals surface area contributed by atoms with Gasteiger partial charge in [-0.1, -0.05) is 59.3 Å². The van der Waals surface area contributed by atoms with Crippen molar-refractivity contribution < 1.29 is 4.79 Å². The van der Waals surface area contributed by atoms with E-state index in [-0.39, 0.29) is 5.69 Å². The van der Waals surface area contributed by atoms with E-state index >= 15 is 0 Å². The number of aromatic nitrogens is 2. The molecule has 1 unspecified atom stereocenters. The lowest BCUT2D eigenvalue weighted by Gasteiger charge is -2.07. The highest BCUT2D eigenvalue weighted by Crippen LogP contribution is 2.24. The van der Waals surface area contributed by atoms with Gasteiger partial charge in [0.1, 0.15) is 5.00 Å². The maximum Gasteiger partial charge on any atom is 0.269 e. The molecule has 0 saturated carbocycles. The Morgan fingerprint density at radius 1 is 1.22 bits per heavy atom. The van der Waals surface area contributed by atoms with E-state index < -0.39 is 5.91 Å². The standard InChI is InChI=1S/C11H12N4OS.C10H22/c1-6-3-8(10(11(12)16)13-5-6)14-9-4-7(2)15-17-9;1-4-6-7-8-9-10(3)5-2/h3-5,14H,1-2H3,(H2,12,16);10H,4-9H2,1-3H3. The molecule has 2 aromatic heterocycles. The third-order valence-electron chi connectivity index (χ3n) is 4.39. The number of aryl methyl sites for hydroxylation is 2. The van der Waals surface area contributed by atoms with Gasteiger partial charge in [0.15, 0.2) is 5.69 Å². The Morgan fingerprint density at radius 2 is 1.96 bits per heavy atom. The highest BCUT2D eigenvalue weighted by Gasteiger charge is 2.11. The molecule has 0 fully saturated rings. The van der Waals surface area contributed by atoms with Crippen molar-refractivity contribution in [3.8, 4) is 0 Å². The summed E-state index contributed by atoms with van der Waals surface area (Å²) in [6.45, 7) is 10.7. The molecular weight excluding hydrogens is 356 g/mol. The summed E-state index contributed by atoms with van der Waals surface area (Å²) in [4.78, 5) is 15.3. The van der Waals surface area contributed by atoms with Crippen LogP contribution < -0.4 is 11.1 Å². The number of unbranched alkanes of at least 4 members (excludes halogenated alkanes) is 3. The molecule has 0 aromatic carbocycles. The van der Waals surface area contributed by atoms with Gasteiger partial charge in [0.2, 0.25) is 0 Å². The van der Waals surface area contributed by atoms with Crippen molar-refractivity contribution in [3.05, 3.63) is 35.3 Å². The molecule has 150 valence electrons. The number of nitrogens with one attached hydrogen (secondary N) is 1. The van der Waals surface area contributed by atoms with Crippen LogP contribution in [0.25, 0.3) is 0 Å². The minimum atomic E-state index is -0.547. The molecule has 0 aliphatic carbocycles. The van der Waals surface area contributed by atoms with Gasteiger partial charge in [-0.2, -0.15) is 4.37 Å². The number of anilines is 2. The van der Waals surface area contributed by atoms with Crippen LogP contribution in [0.1, 0.15) is 81.0 Å². The van der Waals surface area contributed by atoms with E-state index in [1.54, 1.807) is 6.20 Å². The SMILES string of the molecule is CCCCCCC(C)CC.Cc1cnc(C(N)=O)c(Nc2cc(C)ns2)c1. The highest BCUT2D eigenvalue weighted by atomic mass is 32.1. The molecule has 0 radical (unpaired) electrons. The van der Waals surface area contributed by atoms with Crippen LogP contribution in [0, 0.1) is 19.8 Å². The zero-order chi connectivity index (χ0) is 20.2. The van der Waals surface area contributed by atoms with Crippen LogP contribution in [0.5, 0.6) is 0 Å². The van der Waals surface area contributed by atoms with E-state index in [1.807, 2.05) is 26.0 Å². The predicted octanol–water partition coefficient (Wildman–Crippen LogP) is 6.00. The lowest BCUT2D eigenvalue weighted by atomic mass is 10.0. The fraction of sp³-hybridized carbons (Fsp3) is 0.571. The normalized spacial score (nSPS) is 11.4. The van der Waals surface area contributed by atoms with Crippen molar-refractivity contribution in [1.82, 2.24) is 9.36 Å². The first-order valence-corrected chi connectivity index (χ1v) is 10.6. The van der Waals surface area contributed by atoms with Gasteiger partial charge in [-0.3, -0.25) is 4.79 Å². The maximum atomic E-state index is 11.2. The molecule has 2 heterocycles. The Labute approximate surface area is 168 Å². The van der Waals surface area contributed by atoms with Gasteiger partial charge in [-0.15, -0.1) is 0 Å². The summed E-state index contributed by atoms with van der Waals surface area (Å²) in [5, 5.41) is 3.97. The molecule has 0 spiro atoms. The Hall–Kier alpha value is -1.95. The topological polar surface area (TPSA) is 80.9 Å². The number of carbonyl (C=O) groups is 1. The van der Waals surface area contributed by atoms with Gasteiger partial charge in [0.25, 0.3) is 5.91 Å². The van der Waals surface area contributed by atoms with E-state index in [9.17, 15) is 4.79 Å². The zero-order valence-corrected chi connectivity index (χ0v) is 18.2. The van der Waals surface area contributed by atoms with E-state index in [0.29, 0.717) is 5.69 Å². The van der Waals surface area contributed by atoms with E-state index in [1.165, 1.54) is 50.1 Å². The predicted molar refractivity (Wildman–Crippen MR) is 116 cm³/mol. The number of amides is 1. The molecule has 2 aromatic rings. The van der Waals surface area contributed by atoms with Crippen molar-refractivity contribution in [2.45, 2.75) is 73.1 Å². The first-order valence-electron chi connectivity index (χ1n) is 9.84. The lowest BCUT2D eigenvalue weighted by Crippen LogP contribution is -2.15. The smallest absolute Gasteiger partial charge is 0.269 e. The summed E-state index contributed by atoms with van der Waals surface area (Å²) in [6, 6.07) is 3.74. The first-order chi connectivity index (χ1) is 12.9. The number of pyridine rings is 1. The molecule has 5 nitrogen and oxygen atoms in total. The number of rotatable bonds is 9. The third kappa shape index (κ3) is 9.00. The van der Waals surface area contributed by atoms with E-state index in [4.69, 9.17) is 5.73 Å².